The molecule has 2 aromatic carbocycles. The van der Waals surface area contributed by atoms with E-state index in [1.807, 2.05) is 61.2 Å². The lowest BCUT2D eigenvalue weighted by Gasteiger charge is -2.38. The van der Waals surface area contributed by atoms with E-state index in [1.165, 1.54) is 0 Å². The number of hydrogen-bond donors (Lipinski definition) is 1. The van der Waals surface area contributed by atoms with E-state index >= 15 is 0 Å². The highest BCUT2D eigenvalue weighted by atomic mass is 32.1. The highest BCUT2D eigenvalue weighted by molar-refractivity contribution is 7.80. The zero-order chi connectivity index (χ0) is 21.3. The quantitative estimate of drug-likeness (QED) is 0.587. The maximum Gasteiger partial charge on any atom is 0.338 e. The molecule has 0 radical (unpaired) electrons. The second kappa shape index (κ2) is 8.36. The molecule has 0 saturated carbocycles. The molecule has 0 fully saturated rings. The van der Waals surface area contributed by atoms with Crippen molar-refractivity contribution in [3.63, 3.8) is 0 Å². The Morgan fingerprint density at radius 3 is 2.67 bits per heavy atom. The van der Waals surface area contributed by atoms with Crippen molar-refractivity contribution in [3.05, 3.63) is 64.9 Å². The van der Waals surface area contributed by atoms with Gasteiger partial charge in [-0.3, -0.25) is 4.90 Å². The van der Waals surface area contributed by atoms with Crippen molar-refractivity contribution >= 4 is 29.0 Å². The van der Waals surface area contributed by atoms with E-state index < -0.39 is 0 Å². The Bertz CT molecular complexity index is 1030. The summed E-state index contributed by atoms with van der Waals surface area (Å²) in [6.07, 6.45) is 0. The Balaban J connectivity index is 1.81. The molecule has 1 atom stereocenters. The Morgan fingerprint density at radius 1 is 1.17 bits per heavy atom. The number of nitrogens with zero attached hydrogens (tertiary/aromatic N) is 1. The predicted molar refractivity (Wildman–Crippen MR) is 119 cm³/mol. The van der Waals surface area contributed by atoms with Gasteiger partial charge in [0, 0.05) is 11.8 Å². The number of carbonyl (C=O) groups is 1. The molecule has 2 aromatic rings. The third-order valence-corrected chi connectivity index (χ3v) is 5.44. The summed E-state index contributed by atoms with van der Waals surface area (Å²) in [4.78, 5) is 14.8. The van der Waals surface area contributed by atoms with Gasteiger partial charge >= 0.3 is 5.97 Å². The number of fused-ring (bicyclic) bond motifs is 1. The van der Waals surface area contributed by atoms with Crippen LogP contribution in [-0.2, 0) is 9.53 Å². The fraction of sp³-hybridized carbons (Fsp3) is 0.304. The molecule has 0 saturated heterocycles. The first kappa shape index (κ1) is 20.2. The van der Waals surface area contributed by atoms with Crippen LogP contribution in [0, 0.1) is 6.92 Å². The molecule has 0 amide bonds. The van der Waals surface area contributed by atoms with Crippen molar-refractivity contribution in [1.29, 1.82) is 0 Å². The fourth-order valence-electron chi connectivity index (χ4n) is 3.80. The van der Waals surface area contributed by atoms with Crippen LogP contribution in [0.25, 0.3) is 0 Å². The number of hydrogen-bond acceptors (Lipinski definition) is 5. The summed E-state index contributed by atoms with van der Waals surface area (Å²) < 4.78 is 16.7. The number of anilines is 1. The van der Waals surface area contributed by atoms with Crippen LogP contribution < -0.4 is 19.7 Å². The average Bonchev–Trinajstić information content (AvgIpc) is 2.73. The minimum Gasteiger partial charge on any atom is -0.486 e. The molecule has 0 aliphatic carbocycles. The normalized spacial score (nSPS) is 18.2. The third kappa shape index (κ3) is 3.73. The summed E-state index contributed by atoms with van der Waals surface area (Å²) in [7, 11) is 0. The van der Waals surface area contributed by atoms with E-state index in [0.717, 1.165) is 22.5 Å². The largest absolute Gasteiger partial charge is 0.486 e. The number of carbonyl (C=O) groups excluding carboxylic acids is 1. The molecule has 30 heavy (non-hydrogen) atoms. The van der Waals surface area contributed by atoms with Crippen molar-refractivity contribution in [2.75, 3.05) is 24.7 Å². The van der Waals surface area contributed by atoms with Crippen LogP contribution >= 0.6 is 12.2 Å². The number of aryl methyl sites for hydroxylation is 1. The first-order chi connectivity index (χ1) is 14.5. The third-order valence-electron chi connectivity index (χ3n) is 5.14. The molecule has 156 valence electrons. The molecule has 2 heterocycles. The van der Waals surface area contributed by atoms with Gasteiger partial charge in [-0.25, -0.2) is 4.79 Å². The molecule has 1 unspecified atom stereocenters. The van der Waals surface area contributed by atoms with E-state index in [1.54, 1.807) is 6.92 Å². The molecule has 7 heteroatoms. The van der Waals surface area contributed by atoms with E-state index in [4.69, 9.17) is 26.4 Å². The molecule has 0 aromatic heterocycles. The number of thiocarbonyl (C=S) groups is 1. The molecule has 2 aliphatic heterocycles. The van der Waals surface area contributed by atoms with Gasteiger partial charge in [0.15, 0.2) is 16.6 Å². The molecule has 0 bridgehead atoms. The molecule has 2 aliphatic rings. The number of benzene rings is 2. The van der Waals surface area contributed by atoms with Crippen LogP contribution in [0.3, 0.4) is 0 Å². The number of allylic oxidation sites excluding steroid dienone is 1. The van der Waals surface area contributed by atoms with Gasteiger partial charge in [0.25, 0.3) is 0 Å². The summed E-state index contributed by atoms with van der Waals surface area (Å²) in [6.45, 7) is 7.03. The molecule has 4 rings (SSSR count). The van der Waals surface area contributed by atoms with Gasteiger partial charge < -0.3 is 19.5 Å². The van der Waals surface area contributed by atoms with Gasteiger partial charge in [-0.1, -0.05) is 29.8 Å². The predicted octanol–water partition coefficient (Wildman–Crippen LogP) is 4.04. The van der Waals surface area contributed by atoms with E-state index in [-0.39, 0.29) is 12.0 Å². The van der Waals surface area contributed by atoms with Gasteiger partial charge in [-0.15, -0.1) is 0 Å². The van der Waals surface area contributed by atoms with Crippen molar-refractivity contribution < 1.29 is 19.0 Å². The van der Waals surface area contributed by atoms with Crippen LogP contribution in [-0.4, -0.2) is 30.9 Å². The smallest absolute Gasteiger partial charge is 0.338 e. The molecule has 0 spiro atoms. The van der Waals surface area contributed by atoms with Gasteiger partial charge in [-0.2, -0.15) is 0 Å². The van der Waals surface area contributed by atoms with Crippen molar-refractivity contribution in [2.45, 2.75) is 26.8 Å². The first-order valence-electron chi connectivity index (χ1n) is 9.94. The molecule has 1 N–H and O–H groups in total. The standard InChI is InChI=1S/C23H24N2O4S/c1-4-27-22(26)20-15(3)25(17-8-9-18-19(13-17)29-11-10-28-18)23(30)24-21(20)16-7-5-6-14(2)12-16/h5-9,12-13,21H,4,10-11H2,1-3H3,(H,24,30). The topological polar surface area (TPSA) is 60.0 Å². The van der Waals surface area contributed by atoms with Crippen LogP contribution in [0.15, 0.2) is 53.7 Å². The fourth-order valence-corrected chi connectivity index (χ4v) is 4.16. The Labute approximate surface area is 181 Å². The second-order valence-electron chi connectivity index (χ2n) is 7.18. The monoisotopic (exact) mass is 424 g/mol. The number of esters is 1. The van der Waals surface area contributed by atoms with Crippen molar-refractivity contribution in [3.8, 4) is 11.5 Å². The Morgan fingerprint density at radius 2 is 1.93 bits per heavy atom. The van der Waals surface area contributed by atoms with Crippen LogP contribution in [0.1, 0.15) is 31.0 Å². The lowest BCUT2D eigenvalue weighted by molar-refractivity contribution is -0.139. The molecule has 6 nitrogen and oxygen atoms in total. The lowest BCUT2D eigenvalue weighted by Crippen LogP contribution is -2.48. The first-order valence-corrected chi connectivity index (χ1v) is 10.3. The van der Waals surface area contributed by atoms with Gasteiger partial charge in [-0.05, 0) is 50.7 Å². The molecular formula is C23H24N2O4S. The SMILES string of the molecule is CCOC(=O)C1=C(C)N(c2ccc3c(c2)OCCO3)C(=S)NC1c1cccc(C)c1. The van der Waals surface area contributed by atoms with E-state index in [2.05, 4.69) is 5.32 Å². The zero-order valence-corrected chi connectivity index (χ0v) is 18.0. The van der Waals surface area contributed by atoms with Crippen LogP contribution in [0.4, 0.5) is 5.69 Å². The van der Waals surface area contributed by atoms with Crippen LogP contribution in [0.5, 0.6) is 11.5 Å². The minimum absolute atomic E-state index is 0.296. The number of nitrogens with one attached hydrogen (secondary N) is 1. The number of rotatable bonds is 4. The lowest BCUT2D eigenvalue weighted by atomic mass is 9.94. The van der Waals surface area contributed by atoms with Gasteiger partial charge in [0.05, 0.1) is 23.9 Å². The van der Waals surface area contributed by atoms with Crippen LogP contribution in [0.2, 0.25) is 0 Å². The zero-order valence-electron chi connectivity index (χ0n) is 17.2. The summed E-state index contributed by atoms with van der Waals surface area (Å²) in [5, 5.41) is 3.84. The van der Waals surface area contributed by atoms with E-state index in [0.29, 0.717) is 42.0 Å². The van der Waals surface area contributed by atoms with Crippen molar-refractivity contribution in [1.82, 2.24) is 5.32 Å². The molecular weight excluding hydrogens is 400 g/mol. The minimum atomic E-state index is -0.384. The Kier molecular flexibility index (Phi) is 5.63. The van der Waals surface area contributed by atoms with E-state index in [9.17, 15) is 4.79 Å². The maximum absolute atomic E-state index is 13.0. The second-order valence-corrected chi connectivity index (χ2v) is 7.57. The highest BCUT2D eigenvalue weighted by Crippen LogP contribution is 2.38. The highest BCUT2D eigenvalue weighted by Gasteiger charge is 2.35. The summed E-state index contributed by atoms with van der Waals surface area (Å²) in [6, 6.07) is 13.3. The summed E-state index contributed by atoms with van der Waals surface area (Å²) in [5.41, 5.74) is 4.11. The van der Waals surface area contributed by atoms with Gasteiger partial charge in [0.2, 0.25) is 0 Å². The Hall–Kier alpha value is -3.06. The van der Waals surface area contributed by atoms with Crippen molar-refractivity contribution in [2.24, 2.45) is 0 Å². The summed E-state index contributed by atoms with van der Waals surface area (Å²) >= 11 is 5.71. The van der Waals surface area contributed by atoms with Gasteiger partial charge in [0.1, 0.15) is 13.2 Å². The number of ether oxygens (including phenoxy) is 3. The maximum atomic E-state index is 13.0. The summed E-state index contributed by atoms with van der Waals surface area (Å²) in [5.74, 6) is 0.998. The average molecular weight is 425 g/mol.